The number of phosphoric ester groups is 1. The summed E-state index contributed by atoms with van der Waals surface area (Å²) in [5.74, 6) is -0.278. The first-order valence-corrected chi connectivity index (χ1v) is 16.4. The van der Waals surface area contributed by atoms with Crippen LogP contribution in [0.4, 0.5) is 11.9 Å². The molecular formula is C20H30N10O17P2. The maximum atomic E-state index is 11.7. The van der Waals surface area contributed by atoms with Gasteiger partial charge in [0.1, 0.15) is 36.6 Å². The highest BCUT2D eigenvalue weighted by Gasteiger charge is 2.46. The summed E-state index contributed by atoms with van der Waals surface area (Å²) in [5.41, 5.74) is 9.96. The van der Waals surface area contributed by atoms with Crippen molar-refractivity contribution in [2.45, 2.75) is 49.1 Å². The number of imidazole rings is 2. The highest BCUT2D eigenvalue weighted by atomic mass is 31.2. The standard InChI is InChI=1S/C10H14N5O8P.C10H13N5O5.H3O4P/c11-10-13-7-4(8(18)14-10)12-2-15(7)9-6(17)5(16)3(23-9)1-22-24(19,20)21;11-10-13-7-4(8(19)14-10)12-2-15(7)9-6(18)5(17)3(1-16)20-9;1-5(2,3)4/h2-3,5-6,9,16-17H,1H2,(H2,19,20,21)(H3,11,13,14,18);2-3,5-6,9,16-18H,1H2,(H3,11,13,14,19);(H3,1,2,3,4)/t2*3-,5-,6-,9-;/m11./s1. The van der Waals surface area contributed by atoms with Gasteiger partial charge in [0, 0.05) is 0 Å². The van der Waals surface area contributed by atoms with Crippen LogP contribution in [-0.4, -0.2) is 139 Å². The fraction of sp³-hybridized carbons (Fsp3) is 0.500. The predicted octanol–water partition coefficient (Wildman–Crippen LogP) is -6.18. The summed E-state index contributed by atoms with van der Waals surface area (Å²) >= 11 is 0. The number of aliphatic hydroxyl groups excluding tert-OH is 5. The molecule has 29 heteroatoms. The number of nitrogens with two attached hydrogens (primary N) is 2. The number of rotatable bonds is 6. The van der Waals surface area contributed by atoms with Crippen molar-refractivity contribution >= 4 is 49.9 Å². The number of hydrogen-bond donors (Lipinski definition) is 14. The SMILES string of the molecule is Nc1nc2c(ncn2[C@@H]2O[C@H](CO)[C@@H](O)[C@H]2O)c(=O)[nH]1.Nc1nc2c(ncn2[C@@H]2O[C@H](COP(=O)(O)O)[C@@H](O)[C@H]2O)c(=O)[nH]1.O=P(O)(O)O. The van der Waals surface area contributed by atoms with Crippen LogP contribution in [0.25, 0.3) is 22.3 Å². The molecule has 0 bridgehead atoms. The summed E-state index contributed by atoms with van der Waals surface area (Å²) in [5, 5.41) is 48.8. The molecule has 0 saturated carbocycles. The van der Waals surface area contributed by atoms with Crippen LogP contribution in [0.3, 0.4) is 0 Å². The van der Waals surface area contributed by atoms with Gasteiger partial charge in [0.15, 0.2) is 34.8 Å². The van der Waals surface area contributed by atoms with Crippen LogP contribution in [0.2, 0.25) is 0 Å². The van der Waals surface area contributed by atoms with Crippen LogP contribution < -0.4 is 22.6 Å². The average Bonchev–Trinajstić information content (AvgIpc) is 3.73. The number of aromatic amines is 2. The highest BCUT2D eigenvalue weighted by molar-refractivity contribution is 7.46. The molecule has 4 aromatic heterocycles. The summed E-state index contributed by atoms with van der Waals surface area (Å²) in [6, 6.07) is 0. The molecule has 27 nitrogen and oxygen atoms in total. The van der Waals surface area contributed by atoms with Crippen molar-refractivity contribution in [3.8, 4) is 0 Å². The van der Waals surface area contributed by atoms with Crippen molar-refractivity contribution in [3.05, 3.63) is 33.4 Å². The third kappa shape index (κ3) is 8.89. The molecule has 6 rings (SSSR count). The number of nitrogens with one attached hydrogen (secondary N) is 2. The number of H-pyrrole nitrogens is 2. The second kappa shape index (κ2) is 14.6. The minimum absolute atomic E-state index is 0.0176. The lowest BCUT2D eigenvalue weighted by molar-refractivity contribution is -0.0511. The monoisotopic (exact) mass is 744 g/mol. The lowest BCUT2D eigenvalue weighted by Gasteiger charge is -2.16. The Hall–Kier alpha value is -3.76. The van der Waals surface area contributed by atoms with E-state index in [0.717, 1.165) is 0 Å². The van der Waals surface area contributed by atoms with Crippen molar-refractivity contribution in [1.82, 2.24) is 39.0 Å². The Morgan fingerprint density at radius 1 is 0.755 bits per heavy atom. The Morgan fingerprint density at radius 2 is 1.14 bits per heavy atom. The molecule has 272 valence electrons. The lowest BCUT2D eigenvalue weighted by Crippen LogP contribution is -2.33. The molecule has 0 aliphatic carbocycles. The Kier molecular flexibility index (Phi) is 11.3. The van der Waals surface area contributed by atoms with Gasteiger partial charge in [0.25, 0.3) is 11.1 Å². The lowest BCUT2D eigenvalue weighted by atomic mass is 10.1. The third-order valence-electron chi connectivity index (χ3n) is 6.71. The number of nitrogens with zero attached hydrogens (tertiary/aromatic N) is 6. The van der Waals surface area contributed by atoms with Crippen LogP contribution in [0, 0.1) is 0 Å². The molecule has 8 atom stereocenters. The van der Waals surface area contributed by atoms with Crippen LogP contribution in [0.5, 0.6) is 0 Å². The Labute approximate surface area is 269 Å². The van der Waals surface area contributed by atoms with E-state index in [-0.39, 0.29) is 34.2 Å². The number of phosphoric acid groups is 2. The van der Waals surface area contributed by atoms with Gasteiger partial charge in [-0.15, -0.1) is 0 Å². The van der Waals surface area contributed by atoms with E-state index in [2.05, 4.69) is 34.4 Å². The maximum Gasteiger partial charge on any atom is 0.469 e. The average molecular weight is 744 g/mol. The normalized spacial score (nSPS) is 27.1. The molecule has 2 aliphatic heterocycles. The Balaban J connectivity index is 0.000000197. The van der Waals surface area contributed by atoms with Crippen molar-refractivity contribution in [1.29, 1.82) is 0 Å². The quantitative estimate of drug-likeness (QED) is 0.0816. The molecule has 2 fully saturated rings. The molecule has 0 unspecified atom stereocenters. The molecule has 16 N–H and O–H groups in total. The number of aromatic nitrogens is 8. The van der Waals surface area contributed by atoms with E-state index in [4.69, 9.17) is 55.1 Å². The highest BCUT2D eigenvalue weighted by Crippen LogP contribution is 2.38. The molecule has 2 saturated heterocycles. The van der Waals surface area contributed by atoms with E-state index < -0.39 is 89.1 Å². The number of hydrogen-bond acceptors (Lipinski definition) is 18. The second-order valence-electron chi connectivity index (χ2n) is 10.1. The number of aliphatic hydroxyl groups is 5. The second-order valence-corrected chi connectivity index (χ2v) is 12.4. The zero-order valence-electron chi connectivity index (χ0n) is 24.2. The Morgan fingerprint density at radius 3 is 1.51 bits per heavy atom. The zero-order chi connectivity index (χ0) is 36.6. The van der Waals surface area contributed by atoms with Crippen molar-refractivity contribution in [3.63, 3.8) is 0 Å². The van der Waals surface area contributed by atoms with Crippen molar-refractivity contribution < 1.29 is 73.1 Å². The van der Waals surface area contributed by atoms with Gasteiger partial charge in [0.05, 0.1) is 25.9 Å². The van der Waals surface area contributed by atoms with E-state index in [1.165, 1.54) is 21.8 Å². The van der Waals surface area contributed by atoms with Crippen LogP contribution in [-0.2, 0) is 23.1 Å². The Bertz CT molecular complexity index is 1980. The van der Waals surface area contributed by atoms with Gasteiger partial charge in [-0.3, -0.25) is 33.2 Å². The summed E-state index contributed by atoms with van der Waals surface area (Å²) in [6.45, 7) is -1.10. The van der Waals surface area contributed by atoms with E-state index in [1.54, 1.807) is 0 Å². The molecule has 0 amide bonds. The van der Waals surface area contributed by atoms with Gasteiger partial charge in [-0.25, -0.2) is 19.1 Å². The van der Waals surface area contributed by atoms with Gasteiger partial charge >= 0.3 is 15.6 Å². The smallest absolute Gasteiger partial charge is 0.394 e. The largest absolute Gasteiger partial charge is 0.469 e. The number of anilines is 2. The molecule has 0 spiro atoms. The minimum atomic E-state index is -4.76. The fourth-order valence-corrected chi connectivity index (χ4v) is 4.98. The molecule has 0 radical (unpaired) electrons. The van der Waals surface area contributed by atoms with Crippen molar-refractivity contribution in [2.75, 3.05) is 24.7 Å². The number of ether oxygens (including phenoxy) is 2. The van der Waals surface area contributed by atoms with Gasteiger partial charge < -0.3 is 70.9 Å². The fourth-order valence-electron chi connectivity index (χ4n) is 4.64. The van der Waals surface area contributed by atoms with E-state index in [0.29, 0.717) is 0 Å². The number of nitrogen functional groups attached to an aromatic ring is 2. The van der Waals surface area contributed by atoms with E-state index in [1.807, 2.05) is 0 Å². The predicted molar refractivity (Wildman–Crippen MR) is 156 cm³/mol. The maximum absolute atomic E-state index is 11.7. The summed E-state index contributed by atoms with van der Waals surface area (Å²) in [6.07, 6.45) is -7.43. The molecule has 4 aromatic rings. The van der Waals surface area contributed by atoms with Gasteiger partial charge in [-0.05, 0) is 0 Å². The van der Waals surface area contributed by atoms with Gasteiger partial charge in [0.2, 0.25) is 11.9 Å². The van der Waals surface area contributed by atoms with Gasteiger partial charge in [-0.2, -0.15) is 9.97 Å². The molecule has 6 heterocycles. The summed E-state index contributed by atoms with van der Waals surface area (Å²) < 4.78 is 37.1. The molecular weight excluding hydrogens is 714 g/mol. The zero-order valence-corrected chi connectivity index (χ0v) is 26.0. The molecule has 0 aromatic carbocycles. The van der Waals surface area contributed by atoms with E-state index in [9.17, 15) is 34.6 Å². The third-order valence-corrected chi connectivity index (χ3v) is 7.20. The van der Waals surface area contributed by atoms with Crippen LogP contribution >= 0.6 is 15.6 Å². The first-order chi connectivity index (χ1) is 22.7. The topological polar surface area (TPSA) is 443 Å². The van der Waals surface area contributed by atoms with Crippen molar-refractivity contribution in [2.24, 2.45) is 0 Å². The summed E-state index contributed by atoms with van der Waals surface area (Å²) in [4.78, 5) is 82.5. The molecule has 2 aliphatic rings. The minimum Gasteiger partial charge on any atom is -0.394 e. The molecule has 49 heavy (non-hydrogen) atoms. The van der Waals surface area contributed by atoms with Crippen LogP contribution in [0.15, 0.2) is 22.2 Å². The van der Waals surface area contributed by atoms with Gasteiger partial charge in [-0.1, -0.05) is 0 Å². The summed E-state index contributed by atoms with van der Waals surface area (Å²) in [7, 11) is -9.40. The first kappa shape index (κ1) is 38.0. The first-order valence-electron chi connectivity index (χ1n) is 13.3. The van der Waals surface area contributed by atoms with E-state index >= 15 is 0 Å². The van der Waals surface area contributed by atoms with Crippen LogP contribution in [0.1, 0.15) is 12.5 Å². The number of fused-ring (bicyclic) bond motifs is 2.